The van der Waals surface area contributed by atoms with E-state index >= 15 is 0 Å². The minimum absolute atomic E-state index is 0.0254. The van der Waals surface area contributed by atoms with Gasteiger partial charge in [-0.3, -0.25) is 4.79 Å². The summed E-state index contributed by atoms with van der Waals surface area (Å²) in [4.78, 5) is 11.4. The van der Waals surface area contributed by atoms with E-state index < -0.39 is 5.91 Å². The summed E-state index contributed by atoms with van der Waals surface area (Å²) < 4.78 is 10.9. The summed E-state index contributed by atoms with van der Waals surface area (Å²) in [7, 11) is 0. The summed E-state index contributed by atoms with van der Waals surface area (Å²) in [5.41, 5.74) is 7.45. The van der Waals surface area contributed by atoms with Gasteiger partial charge in [-0.25, -0.2) is 0 Å². The Morgan fingerprint density at radius 2 is 1.84 bits per heavy atom. The molecule has 132 valence electrons. The van der Waals surface area contributed by atoms with E-state index in [2.05, 4.69) is 0 Å². The number of hydrogen-bond acceptors (Lipinski definition) is 4. The molecule has 0 saturated carbocycles. The Morgan fingerprint density at radius 3 is 2.52 bits per heavy atom. The molecule has 25 heavy (non-hydrogen) atoms. The maximum Gasteiger partial charge on any atom is 0.248 e. The van der Waals surface area contributed by atoms with Gasteiger partial charge in [0.05, 0.1) is 19.8 Å². The van der Waals surface area contributed by atoms with Crippen LogP contribution in [0.1, 0.15) is 21.5 Å². The number of rotatable bonds is 9. The van der Waals surface area contributed by atoms with Crippen molar-refractivity contribution in [1.29, 1.82) is 0 Å². The van der Waals surface area contributed by atoms with Crippen LogP contribution in [0.3, 0.4) is 0 Å². The molecule has 0 spiro atoms. The number of ether oxygens (including phenoxy) is 2. The number of nitrogens with two attached hydrogens (primary N) is 1. The molecule has 0 aliphatic rings. The van der Waals surface area contributed by atoms with Crippen molar-refractivity contribution in [2.75, 3.05) is 26.4 Å². The number of aliphatic hydroxyl groups excluding tert-OH is 1. The molecule has 2 rings (SSSR count). The van der Waals surface area contributed by atoms with Gasteiger partial charge in [0.25, 0.3) is 0 Å². The predicted molar refractivity (Wildman–Crippen MR) is 98.7 cm³/mol. The number of primary amides is 1. The van der Waals surface area contributed by atoms with Gasteiger partial charge in [0.15, 0.2) is 0 Å². The first-order chi connectivity index (χ1) is 12.1. The molecular weight excluding hydrogens is 342 g/mol. The molecule has 6 heteroatoms. The number of carbonyl (C=O) groups is 1. The summed E-state index contributed by atoms with van der Waals surface area (Å²) in [5, 5.41) is 9.34. The number of halogens is 1. The zero-order valence-electron chi connectivity index (χ0n) is 13.7. The second-order valence-electron chi connectivity index (χ2n) is 5.19. The molecule has 2 aromatic rings. The van der Waals surface area contributed by atoms with Crippen LogP contribution in [-0.2, 0) is 4.74 Å². The molecule has 0 radical (unpaired) electrons. The van der Waals surface area contributed by atoms with Gasteiger partial charge >= 0.3 is 0 Å². The van der Waals surface area contributed by atoms with E-state index in [0.29, 0.717) is 29.5 Å². The van der Waals surface area contributed by atoms with Crippen molar-refractivity contribution < 1.29 is 19.4 Å². The zero-order chi connectivity index (χ0) is 18.1. The van der Waals surface area contributed by atoms with Crippen molar-refractivity contribution in [1.82, 2.24) is 0 Å². The monoisotopic (exact) mass is 361 g/mol. The maximum atomic E-state index is 11.4. The number of amides is 1. The molecule has 0 saturated heterocycles. The Labute approximate surface area is 151 Å². The topological polar surface area (TPSA) is 81.8 Å². The van der Waals surface area contributed by atoms with Gasteiger partial charge < -0.3 is 20.3 Å². The molecule has 0 unspecified atom stereocenters. The zero-order valence-corrected chi connectivity index (χ0v) is 14.4. The van der Waals surface area contributed by atoms with Gasteiger partial charge in [-0.1, -0.05) is 35.9 Å². The highest BCUT2D eigenvalue weighted by Crippen LogP contribution is 2.23. The van der Waals surface area contributed by atoms with Gasteiger partial charge in [0, 0.05) is 16.1 Å². The lowest BCUT2D eigenvalue weighted by Gasteiger charge is -2.10. The molecule has 1 amide bonds. The maximum absolute atomic E-state index is 11.4. The Morgan fingerprint density at radius 1 is 1.08 bits per heavy atom. The highest BCUT2D eigenvalue weighted by Gasteiger charge is 2.07. The molecule has 0 heterocycles. The molecular formula is C19H20ClNO4. The normalized spacial score (nSPS) is 11.0. The van der Waals surface area contributed by atoms with E-state index in [4.69, 9.17) is 31.9 Å². The van der Waals surface area contributed by atoms with E-state index in [1.807, 2.05) is 24.3 Å². The van der Waals surface area contributed by atoms with Crippen LogP contribution >= 0.6 is 11.6 Å². The predicted octanol–water partition coefficient (Wildman–Crippen LogP) is 3.00. The van der Waals surface area contributed by atoms with Crippen molar-refractivity contribution in [2.24, 2.45) is 5.73 Å². The number of carbonyl (C=O) groups excluding carboxylic acids is 1. The SMILES string of the molecule is NC(=O)c1ccc(OCCOCCO)c(/C=C/c2ccc(Cl)cc2)c1. The summed E-state index contributed by atoms with van der Waals surface area (Å²) >= 11 is 5.88. The van der Waals surface area contributed by atoms with E-state index in [9.17, 15) is 4.79 Å². The molecule has 0 aliphatic heterocycles. The lowest BCUT2D eigenvalue weighted by molar-refractivity contribution is 0.0704. The van der Waals surface area contributed by atoms with Crippen LogP contribution in [0.15, 0.2) is 42.5 Å². The minimum Gasteiger partial charge on any atom is -0.491 e. The Hall–Kier alpha value is -2.34. The average Bonchev–Trinajstić information content (AvgIpc) is 2.61. The summed E-state index contributed by atoms with van der Waals surface area (Å²) in [6, 6.07) is 12.4. The van der Waals surface area contributed by atoms with Gasteiger partial charge in [0.1, 0.15) is 12.4 Å². The van der Waals surface area contributed by atoms with Gasteiger partial charge in [-0.15, -0.1) is 0 Å². The highest BCUT2D eigenvalue weighted by atomic mass is 35.5. The quantitative estimate of drug-likeness (QED) is 0.531. The fraction of sp³-hybridized carbons (Fsp3) is 0.211. The summed E-state index contributed by atoms with van der Waals surface area (Å²) in [5.74, 6) is 0.113. The van der Waals surface area contributed by atoms with Crippen LogP contribution in [0, 0.1) is 0 Å². The average molecular weight is 362 g/mol. The number of hydrogen-bond donors (Lipinski definition) is 2. The van der Waals surface area contributed by atoms with E-state index in [0.717, 1.165) is 11.1 Å². The first-order valence-electron chi connectivity index (χ1n) is 7.79. The Bertz CT molecular complexity index is 729. The van der Waals surface area contributed by atoms with Crippen LogP contribution in [0.5, 0.6) is 5.75 Å². The van der Waals surface area contributed by atoms with Gasteiger partial charge in [-0.05, 0) is 35.9 Å². The lowest BCUT2D eigenvalue weighted by atomic mass is 10.1. The van der Waals surface area contributed by atoms with Crippen LogP contribution in [0.2, 0.25) is 5.02 Å². The Kier molecular flexibility index (Phi) is 7.47. The van der Waals surface area contributed by atoms with Crippen molar-refractivity contribution in [3.05, 3.63) is 64.2 Å². The second kappa shape index (κ2) is 9.84. The van der Waals surface area contributed by atoms with Gasteiger partial charge in [0.2, 0.25) is 5.91 Å². The van der Waals surface area contributed by atoms with E-state index in [1.165, 1.54) is 0 Å². The first kappa shape index (κ1) is 19.0. The minimum atomic E-state index is -0.501. The van der Waals surface area contributed by atoms with E-state index in [-0.39, 0.29) is 13.2 Å². The van der Waals surface area contributed by atoms with Crippen LogP contribution in [0.4, 0.5) is 0 Å². The number of aliphatic hydroxyl groups is 1. The number of benzene rings is 2. The Balaban J connectivity index is 2.15. The first-order valence-corrected chi connectivity index (χ1v) is 8.17. The second-order valence-corrected chi connectivity index (χ2v) is 5.62. The molecule has 0 atom stereocenters. The van der Waals surface area contributed by atoms with E-state index in [1.54, 1.807) is 30.3 Å². The van der Waals surface area contributed by atoms with Crippen molar-refractivity contribution >= 4 is 29.7 Å². The molecule has 0 aliphatic carbocycles. The van der Waals surface area contributed by atoms with Crippen LogP contribution in [-0.4, -0.2) is 37.4 Å². The third kappa shape index (κ3) is 6.23. The largest absolute Gasteiger partial charge is 0.491 e. The fourth-order valence-corrected chi connectivity index (χ4v) is 2.23. The summed E-state index contributed by atoms with van der Waals surface area (Å²) in [6.07, 6.45) is 3.74. The van der Waals surface area contributed by atoms with Crippen molar-refractivity contribution in [3.63, 3.8) is 0 Å². The fourth-order valence-electron chi connectivity index (χ4n) is 2.10. The standard InChI is InChI=1S/C19H20ClNO4/c20-17-6-2-14(3-7-17)1-4-15-13-16(19(21)23)5-8-18(15)25-12-11-24-10-9-22/h1-8,13,22H,9-12H2,(H2,21,23)/b4-1+. The molecule has 0 bridgehead atoms. The van der Waals surface area contributed by atoms with Crippen molar-refractivity contribution in [3.8, 4) is 5.75 Å². The molecule has 3 N–H and O–H groups in total. The lowest BCUT2D eigenvalue weighted by Crippen LogP contribution is -2.12. The third-order valence-electron chi connectivity index (χ3n) is 3.34. The smallest absolute Gasteiger partial charge is 0.248 e. The molecule has 0 aromatic heterocycles. The summed E-state index contributed by atoms with van der Waals surface area (Å²) in [6.45, 7) is 0.936. The van der Waals surface area contributed by atoms with Crippen molar-refractivity contribution in [2.45, 2.75) is 0 Å². The molecule has 2 aromatic carbocycles. The third-order valence-corrected chi connectivity index (χ3v) is 3.59. The molecule has 5 nitrogen and oxygen atoms in total. The van der Waals surface area contributed by atoms with Crippen LogP contribution in [0.25, 0.3) is 12.2 Å². The van der Waals surface area contributed by atoms with Gasteiger partial charge in [-0.2, -0.15) is 0 Å². The highest BCUT2D eigenvalue weighted by molar-refractivity contribution is 6.30. The molecule has 0 fully saturated rings. The van der Waals surface area contributed by atoms with Crippen LogP contribution < -0.4 is 10.5 Å².